The van der Waals surface area contributed by atoms with Gasteiger partial charge in [0.2, 0.25) is 11.7 Å². The van der Waals surface area contributed by atoms with Crippen LogP contribution in [0.15, 0.2) is 51.6 Å². The third-order valence-electron chi connectivity index (χ3n) is 3.96. The van der Waals surface area contributed by atoms with Crippen LogP contribution in [0.3, 0.4) is 0 Å². The van der Waals surface area contributed by atoms with E-state index in [0.717, 1.165) is 0 Å². The Morgan fingerprint density at radius 1 is 1.25 bits per heavy atom. The third kappa shape index (κ3) is 2.44. The summed E-state index contributed by atoms with van der Waals surface area (Å²) < 4.78 is 10.5. The van der Waals surface area contributed by atoms with E-state index in [-0.39, 0.29) is 11.8 Å². The predicted molar refractivity (Wildman–Crippen MR) is 81.8 cm³/mol. The molecule has 24 heavy (non-hydrogen) atoms. The molecule has 0 radical (unpaired) electrons. The fourth-order valence-corrected chi connectivity index (χ4v) is 2.58. The number of carbonyl (C=O) groups is 1. The van der Waals surface area contributed by atoms with Gasteiger partial charge in [0.1, 0.15) is 0 Å². The van der Waals surface area contributed by atoms with E-state index in [4.69, 9.17) is 14.2 Å². The van der Waals surface area contributed by atoms with Gasteiger partial charge in [-0.2, -0.15) is 10.2 Å². The van der Waals surface area contributed by atoms with Crippen molar-refractivity contribution in [3.63, 3.8) is 0 Å². The second-order valence-electron chi connectivity index (χ2n) is 5.53. The van der Waals surface area contributed by atoms with E-state index in [1.807, 2.05) is 6.07 Å². The van der Waals surface area contributed by atoms with Crippen molar-refractivity contribution in [1.29, 1.82) is 5.26 Å². The minimum Gasteiger partial charge on any atom is -0.461 e. The van der Waals surface area contributed by atoms with Gasteiger partial charge in [-0.05, 0) is 36.4 Å². The molecule has 1 aliphatic heterocycles. The summed E-state index contributed by atoms with van der Waals surface area (Å²) in [6.45, 7) is 1.05. The number of aromatic nitrogens is 2. The third-order valence-corrected chi connectivity index (χ3v) is 3.96. The molecule has 0 saturated carbocycles. The number of furan rings is 1. The zero-order valence-corrected chi connectivity index (χ0v) is 12.5. The van der Waals surface area contributed by atoms with Crippen molar-refractivity contribution in [2.45, 2.75) is 5.92 Å². The number of nitriles is 1. The van der Waals surface area contributed by atoms with E-state index in [1.54, 1.807) is 47.6 Å². The van der Waals surface area contributed by atoms with Crippen LogP contribution in [0.1, 0.15) is 27.7 Å². The summed E-state index contributed by atoms with van der Waals surface area (Å²) in [6.07, 6.45) is 1.55. The summed E-state index contributed by atoms with van der Waals surface area (Å²) in [6, 6.07) is 12.1. The Bertz CT molecular complexity index is 900. The molecule has 1 amide bonds. The maximum Gasteiger partial charge on any atom is 0.253 e. The lowest BCUT2D eigenvalue weighted by molar-refractivity contribution is 0.0569. The minimum atomic E-state index is -0.0680. The number of amides is 1. The quantitative estimate of drug-likeness (QED) is 0.735. The molecule has 4 rings (SSSR count). The van der Waals surface area contributed by atoms with Gasteiger partial charge in [0, 0.05) is 18.7 Å². The Kier molecular flexibility index (Phi) is 3.35. The second kappa shape index (κ2) is 5.66. The zero-order valence-electron chi connectivity index (χ0n) is 12.5. The van der Waals surface area contributed by atoms with Crippen molar-refractivity contribution in [3.8, 4) is 17.7 Å². The molecule has 7 heteroatoms. The number of likely N-dealkylation sites (tertiary alicyclic amines) is 1. The Balaban J connectivity index is 1.41. The molecule has 7 nitrogen and oxygen atoms in total. The Morgan fingerprint density at radius 2 is 2.04 bits per heavy atom. The molecule has 0 aliphatic carbocycles. The Hall–Kier alpha value is -3.40. The highest BCUT2D eigenvalue weighted by Gasteiger charge is 2.36. The molecule has 2 aromatic heterocycles. The van der Waals surface area contributed by atoms with Gasteiger partial charge in [-0.25, -0.2) is 0 Å². The molecule has 0 bridgehead atoms. The molecule has 0 unspecified atom stereocenters. The summed E-state index contributed by atoms with van der Waals surface area (Å²) in [5.74, 6) is 1.43. The minimum absolute atomic E-state index is 0.0311. The van der Waals surface area contributed by atoms with Crippen molar-refractivity contribution in [2.75, 3.05) is 13.1 Å². The van der Waals surface area contributed by atoms with Gasteiger partial charge < -0.3 is 13.8 Å². The topological polar surface area (TPSA) is 96.2 Å². The van der Waals surface area contributed by atoms with Gasteiger partial charge >= 0.3 is 0 Å². The van der Waals surface area contributed by atoms with Crippen molar-refractivity contribution < 1.29 is 13.7 Å². The maximum absolute atomic E-state index is 12.4. The summed E-state index contributed by atoms with van der Waals surface area (Å²) >= 11 is 0. The first kappa shape index (κ1) is 14.2. The van der Waals surface area contributed by atoms with Crippen LogP contribution < -0.4 is 0 Å². The number of hydrogen-bond donors (Lipinski definition) is 0. The number of benzene rings is 1. The van der Waals surface area contributed by atoms with E-state index in [9.17, 15) is 4.79 Å². The molecule has 1 saturated heterocycles. The lowest BCUT2D eigenvalue weighted by Crippen LogP contribution is -2.48. The monoisotopic (exact) mass is 320 g/mol. The highest BCUT2D eigenvalue weighted by molar-refractivity contribution is 5.95. The van der Waals surface area contributed by atoms with Crippen molar-refractivity contribution >= 4 is 5.91 Å². The molecular formula is C17H12N4O3. The van der Waals surface area contributed by atoms with Crippen LogP contribution in [-0.4, -0.2) is 34.0 Å². The first-order chi connectivity index (χ1) is 11.7. The van der Waals surface area contributed by atoms with Crippen LogP contribution in [0.5, 0.6) is 0 Å². The van der Waals surface area contributed by atoms with Gasteiger partial charge in [0.15, 0.2) is 5.76 Å². The van der Waals surface area contributed by atoms with Gasteiger partial charge in [-0.1, -0.05) is 5.16 Å². The molecule has 1 fully saturated rings. The number of carbonyl (C=O) groups excluding carboxylic acids is 1. The molecule has 3 aromatic rings. The van der Waals surface area contributed by atoms with E-state index >= 15 is 0 Å². The van der Waals surface area contributed by atoms with Gasteiger partial charge in [0.25, 0.3) is 5.91 Å². The van der Waals surface area contributed by atoms with Crippen LogP contribution in [0.4, 0.5) is 0 Å². The van der Waals surface area contributed by atoms with Crippen LogP contribution in [-0.2, 0) is 0 Å². The van der Waals surface area contributed by atoms with Crippen molar-refractivity contribution in [1.82, 2.24) is 15.0 Å². The van der Waals surface area contributed by atoms with Gasteiger partial charge in [0.05, 0.1) is 23.8 Å². The number of hydrogen-bond acceptors (Lipinski definition) is 6. The fourth-order valence-electron chi connectivity index (χ4n) is 2.58. The first-order valence-corrected chi connectivity index (χ1v) is 7.41. The molecule has 0 N–H and O–H groups in total. The normalized spacial score (nSPS) is 14.2. The van der Waals surface area contributed by atoms with E-state index in [1.165, 1.54) is 0 Å². The summed E-state index contributed by atoms with van der Waals surface area (Å²) in [7, 11) is 0. The second-order valence-corrected chi connectivity index (χ2v) is 5.53. The SMILES string of the molecule is N#Cc1ccc(C(=O)N2CC(c3nc(-c4ccco4)no3)C2)cc1. The Morgan fingerprint density at radius 3 is 2.71 bits per heavy atom. The van der Waals surface area contributed by atoms with E-state index in [2.05, 4.69) is 10.1 Å². The lowest BCUT2D eigenvalue weighted by atomic mass is 9.98. The fraction of sp³-hybridized carbons (Fsp3) is 0.176. The lowest BCUT2D eigenvalue weighted by Gasteiger charge is -2.37. The van der Waals surface area contributed by atoms with Crippen LogP contribution in [0, 0.1) is 11.3 Å². The number of rotatable bonds is 3. The molecular weight excluding hydrogens is 308 g/mol. The average Bonchev–Trinajstić information content (AvgIpc) is 3.25. The highest BCUT2D eigenvalue weighted by Crippen LogP contribution is 2.28. The van der Waals surface area contributed by atoms with Crippen molar-refractivity contribution in [3.05, 3.63) is 59.7 Å². The zero-order chi connectivity index (χ0) is 16.5. The highest BCUT2D eigenvalue weighted by atomic mass is 16.5. The molecule has 3 heterocycles. The largest absolute Gasteiger partial charge is 0.461 e. The smallest absolute Gasteiger partial charge is 0.253 e. The van der Waals surface area contributed by atoms with Gasteiger partial charge in [-0.15, -0.1) is 0 Å². The Labute approximate surface area is 137 Å². The molecule has 0 atom stereocenters. The molecule has 1 aliphatic rings. The van der Waals surface area contributed by atoms with Crippen molar-refractivity contribution in [2.24, 2.45) is 0 Å². The summed E-state index contributed by atoms with van der Waals surface area (Å²) in [5, 5.41) is 12.7. The average molecular weight is 320 g/mol. The summed E-state index contributed by atoms with van der Waals surface area (Å²) in [4.78, 5) is 18.4. The number of nitrogens with zero attached hydrogens (tertiary/aromatic N) is 4. The standard InChI is InChI=1S/C17H12N4O3/c18-8-11-3-5-12(6-4-11)17(22)21-9-13(10-21)16-19-15(20-24-16)14-2-1-7-23-14/h1-7,13H,9-10H2. The molecule has 1 aromatic carbocycles. The molecule has 118 valence electrons. The van der Waals surface area contributed by atoms with E-state index < -0.39 is 0 Å². The van der Waals surface area contributed by atoms with Gasteiger partial charge in [-0.3, -0.25) is 4.79 Å². The van der Waals surface area contributed by atoms with Crippen LogP contribution in [0.25, 0.3) is 11.6 Å². The van der Waals surface area contributed by atoms with E-state index in [0.29, 0.717) is 41.7 Å². The molecule has 0 spiro atoms. The summed E-state index contributed by atoms with van der Waals surface area (Å²) in [5.41, 5.74) is 1.10. The van der Waals surface area contributed by atoms with Crippen LogP contribution >= 0.6 is 0 Å². The predicted octanol–water partition coefficient (Wildman–Crippen LogP) is 2.44. The van der Waals surface area contributed by atoms with Crippen LogP contribution in [0.2, 0.25) is 0 Å². The first-order valence-electron chi connectivity index (χ1n) is 7.41. The maximum atomic E-state index is 12.4.